The Balaban J connectivity index is 3.08. The summed E-state index contributed by atoms with van der Waals surface area (Å²) in [4.78, 5) is 0. The van der Waals surface area contributed by atoms with Crippen LogP contribution in [0, 0.1) is 0 Å². The normalized spacial score (nSPS) is 13.3. The van der Waals surface area contributed by atoms with Crippen molar-refractivity contribution in [1.82, 2.24) is 5.32 Å². The lowest BCUT2D eigenvalue weighted by Crippen LogP contribution is -2.42. The Morgan fingerprint density at radius 1 is 1.21 bits per heavy atom. The fourth-order valence-corrected chi connectivity index (χ4v) is 2.38. The summed E-state index contributed by atoms with van der Waals surface area (Å²) < 4.78 is 11.4. The molecule has 1 unspecified atom stereocenters. The molecule has 0 spiro atoms. The molecule has 1 N–H and O–H groups in total. The molecule has 0 radical (unpaired) electrons. The van der Waals surface area contributed by atoms with Crippen LogP contribution < -0.4 is 10.1 Å². The SMILES string of the molecule is CCCNC(c1ccccc1OC)C(C)(C)OCC. The third-order valence-electron chi connectivity index (χ3n) is 3.26. The van der Waals surface area contributed by atoms with Crippen molar-refractivity contribution < 1.29 is 9.47 Å². The first kappa shape index (κ1) is 16.0. The first-order chi connectivity index (χ1) is 9.06. The molecule has 0 aromatic heterocycles. The molecule has 0 saturated carbocycles. The maximum absolute atomic E-state index is 5.92. The number of rotatable bonds is 8. The Labute approximate surface area is 117 Å². The zero-order valence-corrected chi connectivity index (χ0v) is 12.8. The van der Waals surface area contributed by atoms with E-state index in [-0.39, 0.29) is 11.6 Å². The standard InChI is InChI=1S/C16H27NO2/c1-6-12-17-15(16(3,4)19-7-2)13-10-8-9-11-14(13)18-5/h8-11,15,17H,6-7,12H2,1-5H3. The van der Waals surface area contributed by atoms with Gasteiger partial charge in [-0.3, -0.25) is 0 Å². The van der Waals surface area contributed by atoms with Gasteiger partial charge in [-0.15, -0.1) is 0 Å². The quantitative estimate of drug-likeness (QED) is 0.779. The summed E-state index contributed by atoms with van der Waals surface area (Å²) in [7, 11) is 1.71. The number of nitrogens with one attached hydrogen (secondary N) is 1. The van der Waals surface area contributed by atoms with E-state index in [2.05, 4.69) is 32.2 Å². The zero-order chi connectivity index (χ0) is 14.3. The minimum absolute atomic E-state index is 0.114. The number of hydrogen-bond donors (Lipinski definition) is 1. The molecule has 1 aromatic carbocycles. The molecule has 0 heterocycles. The fraction of sp³-hybridized carbons (Fsp3) is 0.625. The zero-order valence-electron chi connectivity index (χ0n) is 12.8. The van der Waals surface area contributed by atoms with E-state index in [4.69, 9.17) is 9.47 Å². The third-order valence-corrected chi connectivity index (χ3v) is 3.26. The van der Waals surface area contributed by atoms with Gasteiger partial charge >= 0.3 is 0 Å². The van der Waals surface area contributed by atoms with Crippen LogP contribution in [-0.4, -0.2) is 25.9 Å². The van der Waals surface area contributed by atoms with Gasteiger partial charge in [0.1, 0.15) is 5.75 Å². The van der Waals surface area contributed by atoms with Gasteiger partial charge < -0.3 is 14.8 Å². The van der Waals surface area contributed by atoms with Gasteiger partial charge in [-0.1, -0.05) is 25.1 Å². The van der Waals surface area contributed by atoms with Crippen molar-refractivity contribution in [3.05, 3.63) is 29.8 Å². The highest BCUT2D eigenvalue weighted by Gasteiger charge is 2.32. The van der Waals surface area contributed by atoms with Crippen LogP contribution in [0.1, 0.15) is 45.7 Å². The van der Waals surface area contributed by atoms with E-state index in [1.54, 1.807) is 7.11 Å². The number of methoxy groups -OCH3 is 1. The largest absolute Gasteiger partial charge is 0.496 e. The van der Waals surface area contributed by atoms with E-state index < -0.39 is 0 Å². The Morgan fingerprint density at radius 2 is 1.89 bits per heavy atom. The molecule has 108 valence electrons. The molecule has 0 aliphatic heterocycles. The second-order valence-electron chi connectivity index (χ2n) is 5.17. The average molecular weight is 265 g/mol. The molecular formula is C16H27NO2. The number of ether oxygens (including phenoxy) is 2. The summed E-state index contributed by atoms with van der Waals surface area (Å²) in [6.45, 7) is 10.1. The highest BCUT2D eigenvalue weighted by atomic mass is 16.5. The van der Waals surface area contributed by atoms with Crippen molar-refractivity contribution in [2.75, 3.05) is 20.3 Å². The van der Waals surface area contributed by atoms with E-state index in [1.807, 2.05) is 25.1 Å². The van der Waals surface area contributed by atoms with Crippen LogP contribution in [0.4, 0.5) is 0 Å². The topological polar surface area (TPSA) is 30.5 Å². The van der Waals surface area contributed by atoms with Gasteiger partial charge in [0, 0.05) is 12.2 Å². The molecule has 0 amide bonds. The molecule has 0 saturated heterocycles. The average Bonchev–Trinajstić information content (AvgIpc) is 2.39. The number of para-hydroxylation sites is 1. The molecule has 1 rings (SSSR count). The number of benzene rings is 1. The van der Waals surface area contributed by atoms with Gasteiger partial charge in [0.2, 0.25) is 0 Å². The lowest BCUT2D eigenvalue weighted by atomic mass is 9.90. The molecule has 1 aromatic rings. The predicted octanol–water partition coefficient (Wildman–Crippen LogP) is 3.55. The highest BCUT2D eigenvalue weighted by molar-refractivity contribution is 5.37. The van der Waals surface area contributed by atoms with Crippen molar-refractivity contribution in [2.45, 2.75) is 45.8 Å². The summed E-state index contributed by atoms with van der Waals surface area (Å²) in [5.74, 6) is 0.906. The first-order valence-corrected chi connectivity index (χ1v) is 7.07. The third kappa shape index (κ3) is 4.22. The summed E-state index contributed by atoms with van der Waals surface area (Å²) in [6.07, 6.45) is 1.09. The highest BCUT2D eigenvalue weighted by Crippen LogP contribution is 2.34. The smallest absolute Gasteiger partial charge is 0.123 e. The molecule has 0 fully saturated rings. The van der Waals surface area contributed by atoms with Crippen molar-refractivity contribution >= 4 is 0 Å². The summed E-state index contributed by atoms with van der Waals surface area (Å²) in [6, 6.07) is 8.25. The van der Waals surface area contributed by atoms with Gasteiger partial charge in [-0.25, -0.2) is 0 Å². The minimum atomic E-state index is -0.279. The minimum Gasteiger partial charge on any atom is -0.496 e. The van der Waals surface area contributed by atoms with Crippen LogP contribution >= 0.6 is 0 Å². The fourth-order valence-electron chi connectivity index (χ4n) is 2.38. The van der Waals surface area contributed by atoms with Gasteiger partial charge in [0.25, 0.3) is 0 Å². The van der Waals surface area contributed by atoms with E-state index in [0.717, 1.165) is 24.3 Å². The van der Waals surface area contributed by atoms with Crippen LogP contribution in [0.25, 0.3) is 0 Å². The summed E-state index contributed by atoms with van der Waals surface area (Å²) in [5, 5.41) is 3.58. The summed E-state index contributed by atoms with van der Waals surface area (Å²) in [5.41, 5.74) is 0.871. The Bertz CT molecular complexity index is 377. The second-order valence-corrected chi connectivity index (χ2v) is 5.17. The van der Waals surface area contributed by atoms with Crippen molar-refractivity contribution in [1.29, 1.82) is 0 Å². The van der Waals surface area contributed by atoms with Crippen LogP contribution in [0.2, 0.25) is 0 Å². The van der Waals surface area contributed by atoms with E-state index in [9.17, 15) is 0 Å². The first-order valence-electron chi connectivity index (χ1n) is 7.07. The Morgan fingerprint density at radius 3 is 2.47 bits per heavy atom. The second kappa shape index (κ2) is 7.51. The molecule has 3 heteroatoms. The lowest BCUT2D eigenvalue weighted by molar-refractivity contribution is -0.0396. The van der Waals surface area contributed by atoms with Gasteiger partial charge in [-0.2, -0.15) is 0 Å². The molecular weight excluding hydrogens is 238 g/mol. The van der Waals surface area contributed by atoms with Crippen LogP contribution in [-0.2, 0) is 4.74 Å². The predicted molar refractivity (Wildman–Crippen MR) is 79.7 cm³/mol. The monoisotopic (exact) mass is 265 g/mol. The van der Waals surface area contributed by atoms with Gasteiger partial charge in [0.15, 0.2) is 0 Å². The van der Waals surface area contributed by atoms with Crippen molar-refractivity contribution in [3.63, 3.8) is 0 Å². The lowest BCUT2D eigenvalue weighted by Gasteiger charge is -2.36. The summed E-state index contributed by atoms with van der Waals surface area (Å²) >= 11 is 0. The van der Waals surface area contributed by atoms with Gasteiger partial charge in [0.05, 0.1) is 18.8 Å². The Kier molecular flexibility index (Phi) is 6.32. The maximum Gasteiger partial charge on any atom is 0.123 e. The van der Waals surface area contributed by atoms with Gasteiger partial charge in [-0.05, 0) is 39.8 Å². The van der Waals surface area contributed by atoms with E-state index in [0.29, 0.717) is 6.61 Å². The molecule has 1 atom stereocenters. The van der Waals surface area contributed by atoms with Crippen molar-refractivity contribution in [3.8, 4) is 5.75 Å². The van der Waals surface area contributed by atoms with E-state index >= 15 is 0 Å². The molecule has 3 nitrogen and oxygen atoms in total. The maximum atomic E-state index is 5.92. The van der Waals surface area contributed by atoms with Crippen LogP contribution in [0.3, 0.4) is 0 Å². The molecule has 0 bridgehead atoms. The van der Waals surface area contributed by atoms with E-state index in [1.165, 1.54) is 0 Å². The van der Waals surface area contributed by atoms with Crippen LogP contribution in [0.5, 0.6) is 5.75 Å². The molecule has 19 heavy (non-hydrogen) atoms. The molecule has 0 aliphatic carbocycles. The van der Waals surface area contributed by atoms with Crippen molar-refractivity contribution in [2.24, 2.45) is 0 Å². The number of hydrogen-bond acceptors (Lipinski definition) is 3. The Hall–Kier alpha value is -1.06. The molecule has 0 aliphatic rings. The van der Waals surface area contributed by atoms with Crippen LogP contribution in [0.15, 0.2) is 24.3 Å².